The van der Waals surface area contributed by atoms with Gasteiger partial charge in [-0.3, -0.25) is 4.79 Å². The Morgan fingerprint density at radius 1 is 1.33 bits per heavy atom. The molecular weight excluding hydrogens is 188 g/mol. The summed E-state index contributed by atoms with van der Waals surface area (Å²) in [6.07, 6.45) is 2.77. The summed E-state index contributed by atoms with van der Waals surface area (Å²) >= 11 is 0. The number of ether oxygens (including phenoxy) is 1. The summed E-state index contributed by atoms with van der Waals surface area (Å²) in [5.41, 5.74) is 1.72. The minimum Gasteiger partial charge on any atom is -0.496 e. The molecule has 2 heteroatoms. The topological polar surface area (TPSA) is 26.3 Å². The van der Waals surface area contributed by atoms with E-state index in [9.17, 15) is 4.79 Å². The number of hydrogen-bond donors (Lipinski definition) is 0. The average Bonchev–Trinajstić information content (AvgIpc) is 2.25. The molecule has 0 aliphatic carbocycles. The smallest absolute Gasteiger partial charge is 0.146 e. The maximum Gasteiger partial charge on any atom is 0.146 e. The Kier molecular flexibility index (Phi) is 4.10. The Morgan fingerprint density at radius 2 is 2.00 bits per heavy atom. The number of rotatable bonds is 4. The Morgan fingerprint density at radius 3 is 2.53 bits per heavy atom. The second kappa shape index (κ2) is 5.35. The summed E-state index contributed by atoms with van der Waals surface area (Å²) in [5.74, 6) is 1.02. The van der Waals surface area contributed by atoms with Gasteiger partial charge < -0.3 is 4.74 Å². The molecule has 80 valence electrons. The van der Waals surface area contributed by atoms with E-state index in [2.05, 4.69) is 0 Å². The van der Waals surface area contributed by atoms with E-state index in [1.54, 1.807) is 7.11 Å². The number of methoxy groups -OCH3 is 1. The molecule has 0 N–H and O–H groups in total. The van der Waals surface area contributed by atoms with Crippen LogP contribution in [0.15, 0.2) is 29.8 Å². The summed E-state index contributed by atoms with van der Waals surface area (Å²) in [4.78, 5) is 10.8. The SMILES string of the molecule is COc1ccccc1C=C(C=O)C(C)C. The summed E-state index contributed by atoms with van der Waals surface area (Å²) in [7, 11) is 1.63. The minimum absolute atomic E-state index is 0.229. The van der Waals surface area contributed by atoms with Crippen molar-refractivity contribution in [1.29, 1.82) is 0 Å². The molecule has 0 spiro atoms. The van der Waals surface area contributed by atoms with Gasteiger partial charge in [0.15, 0.2) is 0 Å². The van der Waals surface area contributed by atoms with Crippen LogP contribution in [0.2, 0.25) is 0 Å². The first kappa shape index (κ1) is 11.5. The van der Waals surface area contributed by atoms with Crippen molar-refractivity contribution >= 4 is 12.4 Å². The molecule has 0 unspecified atom stereocenters. The summed E-state index contributed by atoms with van der Waals surface area (Å²) in [6, 6.07) is 7.66. The Bertz CT molecular complexity index is 365. The fourth-order valence-corrected chi connectivity index (χ4v) is 1.30. The van der Waals surface area contributed by atoms with E-state index in [4.69, 9.17) is 4.74 Å². The van der Waals surface area contributed by atoms with Gasteiger partial charge >= 0.3 is 0 Å². The molecule has 0 aliphatic heterocycles. The molecule has 2 nitrogen and oxygen atoms in total. The van der Waals surface area contributed by atoms with Crippen molar-refractivity contribution < 1.29 is 9.53 Å². The predicted molar refractivity (Wildman–Crippen MR) is 61.9 cm³/mol. The minimum atomic E-state index is 0.229. The van der Waals surface area contributed by atoms with Crippen LogP contribution in [0.4, 0.5) is 0 Å². The number of carbonyl (C=O) groups is 1. The Labute approximate surface area is 90.6 Å². The lowest BCUT2D eigenvalue weighted by molar-refractivity contribution is -0.105. The number of aldehydes is 1. The predicted octanol–water partition coefficient (Wildman–Crippen LogP) is 2.93. The van der Waals surface area contributed by atoms with Gasteiger partial charge in [0.05, 0.1) is 7.11 Å². The fourth-order valence-electron chi connectivity index (χ4n) is 1.30. The molecule has 0 amide bonds. The van der Waals surface area contributed by atoms with Crippen LogP contribution >= 0.6 is 0 Å². The van der Waals surface area contributed by atoms with Crippen LogP contribution in [0.1, 0.15) is 19.4 Å². The van der Waals surface area contributed by atoms with E-state index >= 15 is 0 Å². The molecule has 0 saturated carbocycles. The van der Waals surface area contributed by atoms with E-state index in [-0.39, 0.29) is 5.92 Å². The van der Waals surface area contributed by atoms with Crippen molar-refractivity contribution in [2.24, 2.45) is 5.92 Å². The molecule has 0 fully saturated rings. The van der Waals surface area contributed by atoms with Crippen LogP contribution < -0.4 is 4.74 Å². The van der Waals surface area contributed by atoms with Gasteiger partial charge in [0.2, 0.25) is 0 Å². The van der Waals surface area contributed by atoms with E-state index in [1.165, 1.54) is 0 Å². The first-order valence-electron chi connectivity index (χ1n) is 4.98. The highest BCUT2D eigenvalue weighted by molar-refractivity contribution is 5.83. The van der Waals surface area contributed by atoms with Crippen LogP contribution in [0, 0.1) is 5.92 Å². The largest absolute Gasteiger partial charge is 0.496 e. The molecule has 0 bridgehead atoms. The summed E-state index contributed by atoms with van der Waals surface area (Å²) in [6.45, 7) is 3.99. The molecule has 1 aromatic carbocycles. The Hall–Kier alpha value is -1.57. The van der Waals surface area contributed by atoms with E-state index in [0.29, 0.717) is 0 Å². The number of hydrogen-bond acceptors (Lipinski definition) is 2. The number of allylic oxidation sites excluding steroid dienone is 1. The molecule has 1 aromatic rings. The van der Waals surface area contributed by atoms with Crippen molar-refractivity contribution in [1.82, 2.24) is 0 Å². The van der Waals surface area contributed by atoms with Crippen molar-refractivity contribution in [2.75, 3.05) is 7.11 Å². The molecule has 0 aliphatic rings. The van der Waals surface area contributed by atoms with Gasteiger partial charge in [-0.15, -0.1) is 0 Å². The Balaban J connectivity index is 3.10. The zero-order chi connectivity index (χ0) is 11.3. The monoisotopic (exact) mass is 204 g/mol. The maximum atomic E-state index is 10.8. The lowest BCUT2D eigenvalue weighted by atomic mass is 10.0. The van der Waals surface area contributed by atoms with Crippen molar-refractivity contribution in [2.45, 2.75) is 13.8 Å². The maximum absolute atomic E-state index is 10.8. The van der Waals surface area contributed by atoms with Crippen LogP contribution in [-0.2, 0) is 4.79 Å². The summed E-state index contributed by atoms with van der Waals surface area (Å²) in [5, 5.41) is 0. The van der Waals surface area contributed by atoms with E-state index in [1.807, 2.05) is 44.2 Å². The number of para-hydroxylation sites is 1. The highest BCUT2D eigenvalue weighted by Crippen LogP contribution is 2.21. The average molecular weight is 204 g/mol. The molecular formula is C13H16O2. The molecule has 0 atom stereocenters. The second-order valence-corrected chi connectivity index (χ2v) is 3.66. The second-order valence-electron chi connectivity index (χ2n) is 3.66. The first-order chi connectivity index (χ1) is 7.19. The van der Waals surface area contributed by atoms with Crippen molar-refractivity contribution in [3.8, 4) is 5.75 Å². The normalized spacial score (nSPS) is 11.6. The van der Waals surface area contributed by atoms with Crippen LogP contribution in [0.25, 0.3) is 6.08 Å². The van der Waals surface area contributed by atoms with Gasteiger partial charge in [0.25, 0.3) is 0 Å². The molecule has 0 aromatic heterocycles. The zero-order valence-corrected chi connectivity index (χ0v) is 9.36. The molecule has 0 saturated heterocycles. The van der Waals surface area contributed by atoms with Gasteiger partial charge in [-0.2, -0.15) is 0 Å². The van der Waals surface area contributed by atoms with Crippen LogP contribution in [0.5, 0.6) is 5.75 Å². The lowest BCUT2D eigenvalue weighted by Crippen LogP contribution is -1.95. The summed E-state index contributed by atoms with van der Waals surface area (Å²) < 4.78 is 5.21. The third-order valence-corrected chi connectivity index (χ3v) is 2.26. The number of benzene rings is 1. The van der Waals surface area contributed by atoms with Crippen molar-refractivity contribution in [3.05, 3.63) is 35.4 Å². The lowest BCUT2D eigenvalue weighted by Gasteiger charge is -2.07. The van der Waals surface area contributed by atoms with E-state index < -0.39 is 0 Å². The number of carbonyl (C=O) groups excluding carboxylic acids is 1. The highest BCUT2D eigenvalue weighted by atomic mass is 16.5. The standard InChI is InChI=1S/C13H16O2/c1-10(2)12(9-14)8-11-6-4-5-7-13(11)15-3/h4-10H,1-3H3. The van der Waals surface area contributed by atoms with Crippen molar-refractivity contribution in [3.63, 3.8) is 0 Å². The molecule has 15 heavy (non-hydrogen) atoms. The molecule has 0 heterocycles. The third kappa shape index (κ3) is 2.94. The first-order valence-corrected chi connectivity index (χ1v) is 4.98. The fraction of sp³-hybridized carbons (Fsp3) is 0.308. The van der Waals surface area contributed by atoms with Gasteiger partial charge in [-0.1, -0.05) is 32.0 Å². The molecule has 0 radical (unpaired) electrons. The van der Waals surface area contributed by atoms with Crippen LogP contribution in [-0.4, -0.2) is 13.4 Å². The van der Waals surface area contributed by atoms with Gasteiger partial charge in [-0.05, 0) is 23.6 Å². The third-order valence-electron chi connectivity index (χ3n) is 2.26. The van der Waals surface area contributed by atoms with Gasteiger partial charge in [0, 0.05) is 5.56 Å². The zero-order valence-electron chi connectivity index (χ0n) is 9.36. The van der Waals surface area contributed by atoms with Gasteiger partial charge in [0.1, 0.15) is 12.0 Å². The molecule has 1 rings (SSSR count). The van der Waals surface area contributed by atoms with Crippen LogP contribution in [0.3, 0.4) is 0 Å². The van der Waals surface area contributed by atoms with E-state index in [0.717, 1.165) is 23.2 Å². The van der Waals surface area contributed by atoms with Gasteiger partial charge in [-0.25, -0.2) is 0 Å². The highest BCUT2D eigenvalue weighted by Gasteiger charge is 2.04. The quantitative estimate of drug-likeness (QED) is 0.556.